The average molecular weight is 366 g/mol. The van der Waals surface area contributed by atoms with Crippen molar-refractivity contribution in [3.8, 4) is 11.5 Å². The molecule has 1 fully saturated rings. The molecule has 0 saturated carbocycles. The first-order valence-electron chi connectivity index (χ1n) is 8.23. The van der Waals surface area contributed by atoms with Gasteiger partial charge in [-0.05, 0) is 29.3 Å². The van der Waals surface area contributed by atoms with Crippen molar-refractivity contribution in [2.75, 3.05) is 7.11 Å². The van der Waals surface area contributed by atoms with Gasteiger partial charge in [-0.15, -0.1) is 0 Å². The summed E-state index contributed by atoms with van der Waals surface area (Å²) in [6, 6.07) is 13.6. The molecule has 138 valence electrons. The summed E-state index contributed by atoms with van der Waals surface area (Å²) in [6.45, 7) is 1.49. The van der Waals surface area contributed by atoms with Crippen LogP contribution in [-0.2, 0) is 16.1 Å². The Morgan fingerprint density at radius 1 is 1.11 bits per heavy atom. The quantitative estimate of drug-likeness (QED) is 0.381. The van der Waals surface area contributed by atoms with Crippen LogP contribution >= 0.6 is 0 Å². The van der Waals surface area contributed by atoms with Crippen LogP contribution in [0.5, 0.6) is 11.5 Å². The SMILES string of the molecule is COc1cc(/C=C2\NC(=O)N(Cc3ccccc3)C2=O)ccc1OC(C)=O. The summed E-state index contributed by atoms with van der Waals surface area (Å²) in [6.07, 6.45) is 1.55. The van der Waals surface area contributed by atoms with Crippen molar-refractivity contribution < 1.29 is 23.9 Å². The summed E-state index contributed by atoms with van der Waals surface area (Å²) in [7, 11) is 1.45. The largest absolute Gasteiger partial charge is 0.493 e. The molecule has 0 spiro atoms. The van der Waals surface area contributed by atoms with Gasteiger partial charge in [-0.2, -0.15) is 0 Å². The molecule has 0 radical (unpaired) electrons. The molecule has 1 heterocycles. The molecule has 0 bridgehead atoms. The van der Waals surface area contributed by atoms with Crippen molar-refractivity contribution in [3.05, 3.63) is 65.4 Å². The van der Waals surface area contributed by atoms with Crippen molar-refractivity contribution in [1.29, 1.82) is 0 Å². The first-order valence-corrected chi connectivity index (χ1v) is 8.23. The smallest absolute Gasteiger partial charge is 0.329 e. The van der Waals surface area contributed by atoms with E-state index in [9.17, 15) is 14.4 Å². The number of nitrogens with one attached hydrogen (secondary N) is 1. The maximum Gasteiger partial charge on any atom is 0.329 e. The Balaban J connectivity index is 1.82. The van der Waals surface area contributed by atoms with Gasteiger partial charge in [-0.1, -0.05) is 36.4 Å². The van der Waals surface area contributed by atoms with Crippen molar-refractivity contribution in [1.82, 2.24) is 10.2 Å². The second-order valence-electron chi connectivity index (χ2n) is 5.87. The molecule has 1 aliphatic rings. The van der Waals surface area contributed by atoms with Crippen LogP contribution in [0, 0.1) is 0 Å². The van der Waals surface area contributed by atoms with Crippen molar-refractivity contribution in [2.24, 2.45) is 0 Å². The van der Waals surface area contributed by atoms with E-state index in [4.69, 9.17) is 9.47 Å². The minimum absolute atomic E-state index is 0.165. The molecule has 3 rings (SSSR count). The summed E-state index contributed by atoms with van der Waals surface area (Å²) in [5.74, 6) is -0.252. The fraction of sp³-hybridized carbons (Fsp3) is 0.150. The number of carbonyl (C=O) groups is 3. The number of esters is 1. The third kappa shape index (κ3) is 4.14. The Bertz CT molecular complexity index is 921. The number of benzene rings is 2. The minimum atomic E-state index is -0.474. The van der Waals surface area contributed by atoms with Gasteiger partial charge in [0, 0.05) is 6.92 Å². The maximum atomic E-state index is 12.6. The molecular formula is C20H18N2O5. The third-order valence-electron chi connectivity index (χ3n) is 3.90. The summed E-state index contributed by atoms with van der Waals surface area (Å²) >= 11 is 0. The van der Waals surface area contributed by atoms with E-state index in [0.717, 1.165) is 10.5 Å². The van der Waals surface area contributed by atoms with Crippen molar-refractivity contribution in [2.45, 2.75) is 13.5 Å². The fourth-order valence-corrected chi connectivity index (χ4v) is 2.66. The highest BCUT2D eigenvalue weighted by Crippen LogP contribution is 2.29. The predicted molar refractivity (Wildman–Crippen MR) is 97.8 cm³/mol. The number of hydrogen-bond acceptors (Lipinski definition) is 5. The monoisotopic (exact) mass is 366 g/mol. The molecule has 2 aromatic carbocycles. The molecule has 0 aromatic heterocycles. The van der Waals surface area contributed by atoms with Crippen LogP contribution < -0.4 is 14.8 Å². The molecule has 7 nitrogen and oxygen atoms in total. The molecule has 1 aliphatic heterocycles. The number of methoxy groups -OCH3 is 1. The van der Waals surface area contributed by atoms with Gasteiger partial charge in [0.25, 0.3) is 5.91 Å². The summed E-state index contributed by atoms with van der Waals surface area (Å²) in [5, 5.41) is 2.58. The van der Waals surface area contributed by atoms with Gasteiger partial charge < -0.3 is 14.8 Å². The van der Waals surface area contributed by atoms with Gasteiger partial charge in [0.2, 0.25) is 0 Å². The highest BCUT2D eigenvalue weighted by Gasteiger charge is 2.33. The van der Waals surface area contributed by atoms with Gasteiger partial charge in [0.1, 0.15) is 5.70 Å². The van der Waals surface area contributed by atoms with E-state index in [1.165, 1.54) is 14.0 Å². The summed E-state index contributed by atoms with van der Waals surface area (Å²) in [5.41, 5.74) is 1.64. The Morgan fingerprint density at radius 3 is 2.52 bits per heavy atom. The molecule has 3 amide bonds. The predicted octanol–water partition coefficient (Wildman–Crippen LogP) is 2.71. The number of amides is 3. The molecule has 0 unspecified atom stereocenters. The lowest BCUT2D eigenvalue weighted by Gasteiger charge is -2.11. The van der Waals surface area contributed by atoms with Crippen molar-refractivity contribution in [3.63, 3.8) is 0 Å². The Kier molecular flexibility index (Phi) is 5.21. The summed E-state index contributed by atoms with van der Waals surface area (Å²) < 4.78 is 10.3. The second kappa shape index (κ2) is 7.74. The van der Waals surface area contributed by atoms with E-state index >= 15 is 0 Å². The number of carbonyl (C=O) groups excluding carboxylic acids is 3. The Morgan fingerprint density at radius 2 is 1.85 bits per heavy atom. The van der Waals surface area contributed by atoms with Crippen LogP contribution in [0.1, 0.15) is 18.1 Å². The lowest BCUT2D eigenvalue weighted by Crippen LogP contribution is -2.30. The number of rotatable bonds is 5. The van der Waals surface area contributed by atoms with E-state index in [0.29, 0.717) is 11.3 Å². The van der Waals surface area contributed by atoms with Gasteiger partial charge >= 0.3 is 12.0 Å². The van der Waals surface area contributed by atoms with Crippen LogP contribution in [0.25, 0.3) is 6.08 Å². The normalized spacial score (nSPS) is 15.0. The molecule has 0 atom stereocenters. The standard InChI is InChI=1S/C20H18N2O5/c1-13(23)27-17-9-8-15(11-18(17)26-2)10-16-19(24)22(20(25)21-16)12-14-6-4-3-5-7-14/h3-11H,12H2,1-2H3,(H,21,25)/b16-10-. The molecule has 1 saturated heterocycles. The van der Waals surface area contributed by atoms with Crippen LogP contribution in [-0.4, -0.2) is 29.9 Å². The first-order chi connectivity index (χ1) is 13.0. The van der Waals surface area contributed by atoms with Crippen LogP contribution in [0.4, 0.5) is 4.79 Å². The van der Waals surface area contributed by atoms with E-state index < -0.39 is 17.9 Å². The Labute approximate surface area is 156 Å². The summed E-state index contributed by atoms with van der Waals surface area (Å²) in [4.78, 5) is 37.0. The third-order valence-corrected chi connectivity index (χ3v) is 3.90. The van der Waals surface area contributed by atoms with Gasteiger partial charge in [0.05, 0.1) is 13.7 Å². The first kappa shape index (κ1) is 18.2. The van der Waals surface area contributed by atoms with Crippen LogP contribution in [0.3, 0.4) is 0 Å². The van der Waals surface area contributed by atoms with E-state index in [1.807, 2.05) is 30.3 Å². The highest BCUT2D eigenvalue weighted by molar-refractivity contribution is 6.13. The fourth-order valence-electron chi connectivity index (χ4n) is 2.66. The van der Waals surface area contributed by atoms with Crippen LogP contribution in [0.15, 0.2) is 54.2 Å². The van der Waals surface area contributed by atoms with Crippen molar-refractivity contribution >= 4 is 24.0 Å². The van der Waals surface area contributed by atoms with Gasteiger partial charge in [0.15, 0.2) is 11.5 Å². The zero-order valence-electron chi connectivity index (χ0n) is 14.9. The lowest BCUT2D eigenvalue weighted by molar-refractivity contribution is -0.132. The lowest BCUT2D eigenvalue weighted by atomic mass is 10.1. The topological polar surface area (TPSA) is 84.9 Å². The van der Waals surface area contributed by atoms with Crippen LogP contribution in [0.2, 0.25) is 0 Å². The van der Waals surface area contributed by atoms with E-state index in [1.54, 1.807) is 24.3 Å². The minimum Gasteiger partial charge on any atom is -0.493 e. The second-order valence-corrected chi connectivity index (χ2v) is 5.87. The molecule has 1 N–H and O–H groups in total. The molecule has 27 heavy (non-hydrogen) atoms. The number of hydrogen-bond donors (Lipinski definition) is 1. The molecule has 0 aliphatic carbocycles. The van der Waals surface area contributed by atoms with Gasteiger partial charge in [-0.25, -0.2) is 4.79 Å². The zero-order valence-corrected chi connectivity index (χ0v) is 14.9. The zero-order chi connectivity index (χ0) is 19.4. The number of ether oxygens (including phenoxy) is 2. The van der Waals surface area contributed by atoms with E-state index in [-0.39, 0.29) is 18.0 Å². The average Bonchev–Trinajstić information content (AvgIpc) is 2.91. The van der Waals surface area contributed by atoms with E-state index in [2.05, 4.69) is 5.32 Å². The molecule has 7 heteroatoms. The molecular weight excluding hydrogens is 348 g/mol. The molecule has 2 aromatic rings. The number of urea groups is 1. The number of imide groups is 1. The number of nitrogens with zero attached hydrogens (tertiary/aromatic N) is 1. The Hall–Kier alpha value is -3.61. The highest BCUT2D eigenvalue weighted by atomic mass is 16.6. The maximum absolute atomic E-state index is 12.6. The van der Waals surface area contributed by atoms with Gasteiger partial charge in [-0.3, -0.25) is 14.5 Å².